The third-order valence-corrected chi connectivity index (χ3v) is 3.01. The number of nitrogens with zero attached hydrogens (tertiary/aromatic N) is 3. The summed E-state index contributed by atoms with van der Waals surface area (Å²) in [4.78, 5) is 4.54. The lowest BCUT2D eigenvalue weighted by atomic mass is 10.1. The van der Waals surface area contributed by atoms with Crippen LogP contribution in [0, 0.1) is 13.8 Å². The van der Waals surface area contributed by atoms with E-state index in [1.165, 1.54) is 0 Å². The molecule has 2 aromatic rings. The van der Waals surface area contributed by atoms with Crippen LogP contribution in [0.2, 0.25) is 0 Å². The maximum Gasteiger partial charge on any atom is 0.258 e. The minimum atomic E-state index is 0.317. The van der Waals surface area contributed by atoms with E-state index >= 15 is 0 Å². The normalized spacial score (nSPS) is 11.3. The fourth-order valence-corrected chi connectivity index (χ4v) is 2.24. The number of hydrogen-bond acceptors (Lipinski definition) is 4. The molecule has 0 aliphatic heterocycles. The lowest BCUT2D eigenvalue weighted by Gasteiger charge is -2.09. The van der Waals surface area contributed by atoms with Gasteiger partial charge in [0.25, 0.3) is 5.88 Å². The highest BCUT2D eigenvalue weighted by molar-refractivity contribution is 5.69. The summed E-state index contributed by atoms with van der Waals surface area (Å²) in [5.41, 5.74) is 3.00. The van der Waals surface area contributed by atoms with Gasteiger partial charge in [-0.1, -0.05) is 13.8 Å². The van der Waals surface area contributed by atoms with Crippen molar-refractivity contribution < 1.29 is 9.47 Å². The Morgan fingerprint density at radius 2 is 1.78 bits per heavy atom. The van der Waals surface area contributed by atoms with Crippen LogP contribution in [0.3, 0.4) is 0 Å². The van der Waals surface area contributed by atoms with Crippen LogP contribution >= 0.6 is 0 Å². The van der Waals surface area contributed by atoms with E-state index in [0.717, 1.165) is 28.3 Å². The Hall–Kier alpha value is -1.78. The Morgan fingerprint density at radius 3 is 2.28 bits per heavy atom. The van der Waals surface area contributed by atoms with Gasteiger partial charge in [0.05, 0.1) is 25.4 Å². The molecular weight excluding hydrogens is 230 g/mol. The molecule has 0 N–H and O–H groups in total. The van der Waals surface area contributed by atoms with E-state index in [0.29, 0.717) is 11.8 Å². The zero-order valence-corrected chi connectivity index (χ0v) is 11.7. The van der Waals surface area contributed by atoms with Gasteiger partial charge in [0.1, 0.15) is 5.82 Å². The Balaban J connectivity index is 2.93. The largest absolute Gasteiger partial charge is 0.491 e. The van der Waals surface area contributed by atoms with Crippen molar-refractivity contribution in [2.75, 3.05) is 14.2 Å². The quantitative estimate of drug-likeness (QED) is 0.838. The number of rotatable bonds is 3. The summed E-state index contributed by atoms with van der Waals surface area (Å²) in [6, 6.07) is 0. The van der Waals surface area contributed by atoms with Gasteiger partial charge in [-0.15, -0.1) is 5.10 Å². The van der Waals surface area contributed by atoms with Crippen molar-refractivity contribution in [1.82, 2.24) is 14.6 Å². The summed E-state index contributed by atoms with van der Waals surface area (Å²) in [6.07, 6.45) is 0. The van der Waals surface area contributed by atoms with Gasteiger partial charge in [0, 0.05) is 5.56 Å². The standard InChI is InChI=1S/C13H19N3O2/c1-7(2)10-11-8(3)12(17-5)13(18-6)16(11)15-9(4)14-10/h7H,1-6H3. The van der Waals surface area contributed by atoms with E-state index < -0.39 is 0 Å². The van der Waals surface area contributed by atoms with Crippen LogP contribution in [0.1, 0.15) is 36.8 Å². The molecule has 0 saturated heterocycles. The number of hydrogen-bond donors (Lipinski definition) is 0. The van der Waals surface area contributed by atoms with Gasteiger partial charge < -0.3 is 9.47 Å². The Kier molecular flexibility index (Phi) is 3.15. The predicted molar refractivity (Wildman–Crippen MR) is 69.7 cm³/mol. The van der Waals surface area contributed by atoms with Crippen LogP contribution in [-0.4, -0.2) is 28.8 Å². The van der Waals surface area contributed by atoms with Crippen LogP contribution in [0.25, 0.3) is 5.52 Å². The first-order chi connectivity index (χ1) is 8.51. The van der Waals surface area contributed by atoms with Gasteiger partial charge in [-0.3, -0.25) is 0 Å². The molecule has 0 amide bonds. The Morgan fingerprint density at radius 1 is 1.11 bits per heavy atom. The van der Waals surface area contributed by atoms with E-state index in [-0.39, 0.29) is 0 Å². The highest BCUT2D eigenvalue weighted by atomic mass is 16.5. The number of methoxy groups -OCH3 is 2. The molecule has 98 valence electrons. The van der Waals surface area contributed by atoms with E-state index in [1.54, 1.807) is 18.7 Å². The van der Waals surface area contributed by atoms with Gasteiger partial charge in [-0.2, -0.15) is 4.52 Å². The maximum absolute atomic E-state index is 5.41. The van der Waals surface area contributed by atoms with Gasteiger partial charge in [0.15, 0.2) is 5.75 Å². The van der Waals surface area contributed by atoms with E-state index in [2.05, 4.69) is 23.9 Å². The highest BCUT2D eigenvalue weighted by Gasteiger charge is 2.22. The third-order valence-electron chi connectivity index (χ3n) is 3.01. The molecule has 18 heavy (non-hydrogen) atoms. The molecule has 2 rings (SSSR count). The topological polar surface area (TPSA) is 48.7 Å². The van der Waals surface area contributed by atoms with Gasteiger partial charge in [0.2, 0.25) is 0 Å². The van der Waals surface area contributed by atoms with E-state index in [9.17, 15) is 0 Å². The highest BCUT2D eigenvalue weighted by Crippen LogP contribution is 2.38. The first kappa shape index (κ1) is 12.7. The fraction of sp³-hybridized carbons (Fsp3) is 0.538. The lowest BCUT2D eigenvalue weighted by Crippen LogP contribution is -2.06. The molecule has 0 aromatic carbocycles. The van der Waals surface area contributed by atoms with Crippen molar-refractivity contribution in [1.29, 1.82) is 0 Å². The summed E-state index contributed by atoms with van der Waals surface area (Å²) in [7, 11) is 3.26. The summed E-state index contributed by atoms with van der Waals surface area (Å²) in [5.74, 6) is 2.39. The molecule has 0 aliphatic rings. The van der Waals surface area contributed by atoms with Crippen LogP contribution in [-0.2, 0) is 0 Å². The molecule has 0 spiro atoms. The molecule has 0 unspecified atom stereocenters. The first-order valence-corrected chi connectivity index (χ1v) is 5.99. The van der Waals surface area contributed by atoms with Gasteiger partial charge >= 0.3 is 0 Å². The molecule has 2 aromatic heterocycles. The van der Waals surface area contributed by atoms with E-state index in [1.807, 2.05) is 13.8 Å². The fourth-order valence-electron chi connectivity index (χ4n) is 2.24. The summed E-state index contributed by atoms with van der Waals surface area (Å²) in [6.45, 7) is 8.12. The molecule has 2 heterocycles. The molecule has 0 fully saturated rings. The van der Waals surface area contributed by atoms with Crippen LogP contribution < -0.4 is 9.47 Å². The number of fused-ring (bicyclic) bond motifs is 1. The second-order valence-electron chi connectivity index (χ2n) is 4.63. The number of aromatic nitrogens is 3. The SMILES string of the molecule is COc1c(C)c2c(C(C)C)nc(C)nn2c1OC. The van der Waals surface area contributed by atoms with E-state index in [4.69, 9.17) is 9.47 Å². The second-order valence-corrected chi connectivity index (χ2v) is 4.63. The average molecular weight is 249 g/mol. The van der Waals surface area contributed by atoms with Crippen molar-refractivity contribution in [2.45, 2.75) is 33.6 Å². The van der Waals surface area contributed by atoms with Gasteiger partial charge in [-0.25, -0.2) is 4.98 Å². The molecule has 5 heteroatoms. The molecule has 0 saturated carbocycles. The van der Waals surface area contributed by atoms with Crippen LogP contribution in [0.15, 0.2) is 0 Å². The minimum Gasteiger partial charge on any atom is -0.491 e. The second kappa shape index (κ2) is 4.48. The zero-order valence-electron chi connectivity index (χ0n) is 11.7. The molecule has 0 bridgehead atoms. The van der Waals surface area contributed by atoms with Crippen LogP contribution in [0.4, 0.5) is 0 Å². The Labute approximate surface area is 107 Å². The average Bonchev–Trinajstić information content (AvgIpc) is 2.59. The number of ether oxygens (including phenoxy) is 2. The number of aryl methyl sites for hydroxylation is 2. The van der Waals surface area contributed by atoms with Crippen molar-refractivity contribution in [3.8, 4) is 11.6 Å². The Bertz CT molecular complexity index is 588. The van der Waals surface area contributed by atoms with Crippen molar-refractivity contribution in [3.05, 3.63) is 17.1 Å². The zero-order chi connectivity index (χ0) is 13.4. The molecule has 0 atom stereocenters. The molecule has 0 aliphatic carbocycles. The lowest BCUT2D eigenvalue weighted by molar-refractivity contribution is 0.338. The maximum atomic E-state index is 5.41. The summed E-state index contributed by atoms with van der Waals surface area (Å²) in [5, 5.41) is 4.42. The van der Waals surface area contributed by atoms with Crippen molar-refractivity contribution in [2.24, 2.45) is 0 Å². The monoisotopic (exact) mass is 249 g/mol. The minimum absolute atomic E-state index is 0.317. The smallest absolute Gasteiger partial charge is 0.258 e. The van der Waals surface area contributed by atoms with Crippen LogP contribution in [0.5, 0.6) is 11.6 Å². The summed E-state index contributed by atoms with van der Waals surface area (Å²) >= 11 is 0. The van der Waals surface area contributed by atoms with Crippen molar-refractivity contribution >= 4 is 5.52 Å². The first-order valence-electron chi connectivity index (χ1n) is 5.99. The molecule has 5 nitrogen and oxygen atoms in total. The predicted octanol–water partition coefficient (Wildman–Crippen LogP) is 2.49. The molecular formula is C13H19N3O2. The summed E-state index contributed by atoms with van der Waals surface area (Å²) < 4.78 is 12.6. The van der Waals surface area contributed by atoms with Crippen molar-refractivity contribution in [3.63, 3.8) is 0 Å². The molecule has 0 radical (unpaired) electrons. The van der Waals surface area contributed by atoms with Gasteiger partial charge in [-0.05, 0) is 19.8 Å². The third kappa shape index (κ3) is 1.70.